The summed E-state index contributed by atoms with van der Waals surface area (Å²) in [6.45, 7) is 0. The van der Waals surface area contributed by atoms with E-state index >= 15 is 0 Å². The van der Waals surface area contributed by atoms with Crippen molar-refractivity contribution in [1.29, 1.82) is 0 Å². The number of hydrogen-bond acceptors (Lipinski definition) is 7. The Balaban J connectivity index is 1.63. The molecule has 3 N–H and O–H groups in total. The molecule has 0 aliphatic heterocycles. The van der Waals surface area contributed by atoms with Gasteiger partial charge in [0.05, 0.1) is 21.6 Å². The highest BCUT2D eigenvalue weighted by Crippen LogP contribution is 2.30. The molecule has 0 unspecified atom stereocenters. The number of hydrogen-bond donors (Lipinski definition) is 3. The Morgan fingerprint density at radius 1 is 0.966 bits per heavy atom. The van der Waals surface area contributed by atoms with Gasteiger partial charge in [0.25, 0.3) is 0 Å². The first-order valence-electron chi connectivity index (χ1n) is 8.42. The van der Waals surface area contributed by atoms with Gasteiger partial charge in [-0.05, 0) is 42.5 Å². The molecule has 9 nitrogen and oxygen atoms in total. The number of aromatic nitrogens is 6. The Hall–Kier alpha value is -3.86. The zero-order chi connectivity index (χ0) is 20.0. The minimum Gasteiger partial charge on any atom is -0.338 e. The van der Waals surface area contributed by atoms with Crippen LogP contribution in [0.25, 0.3) is 21.8 Å². The van der Waals surface area contributed by atoms with Crippen molar-refractivity contribution in [2.75, 3.05) is 5.32 Å². The van der Waals surface area contributed by atoms with Crippen molar-refractivity contribution in [3.8, 4) is 0 Å². The van der Waals surface area contributed by atoms with Crippen molar-refractivity contribution in [1.82, 2.24) is 30.4 Å². The number of fused-ring (bicyclic) bond motifs is 2. The van der Waals surface area contributed by atoms with Crippen molar-refractivity contribution in [3.63, 3.8) is 0 Å². The van der Waals surface area contributed by atoms with Crippen molar-refractivity contribution < 1.29 is 12.8 Å². The quantitative estimate of drug-likeness (QED) is 0.416. The fourth-order valence-electron chi connectivity index (χ4n) is 3.05. The lowest BCUT2D eigenvalue weighted by molar-refractivity contribution is 0.588. The van der Waals surface area contributed by atoms with E-state index in [4.69, 9.17) is 0 Å². The molecule has 0 amide bonds. The lowest BCUT2D eigenvalue weighted by atomic mass is 10.2. The number of pyridine rings is 1. The minimum absolute atomic E-state index is 0.0377. The largest absolute Gasteiger partial charge is 0.338 e. The second-order valence-corrected chi connectivity index (χ2v) is 8.08. The van der Waals surface area contributed by atoms with E-state index in [1.165, 1.54) is 24.3 Å². The highest BCUT2D eigenvalue weighted by atomic mass is 32.2. The Morgan fingerprint density at radius 3 is 2.69 bits per heavy atom. The molecule has 0 bridgehead atoms. The summed E-state index contributed by atoms with van der Waals surface area (Å²) in [6.07, 6.45) is 2.72. The summed E-state index contributed by atoms with van der Waals surface area (Å²) in [5.74, 6) is 0.0254. The highest BCUT2D eigenvalue weighted by Gasteiger charge is 2.22. The maximum atomic E-state index is 13.6. The molecule has 0 saturated heterocycles. The number of aromatic amines is 2. The van der Waals surface area contributed by atoms with Crippen LogP contribution in [-0.4, -0.2) is 38.8 Å². The molecule has 0 atom stereocenters. The van der Waals surface area contributed by atoms with Gasteiger partial charge in [0.1, 0.15) is 12.1 Å². The molecule has 0 aliphatic carbocycles. The van der Waals surface area contributed by atoms with Gasteiger partial charge in [-0.3, -0.25) is 10.1 Å². The van der Waals surface area contributed by atoms with Gasteiger partial charge >= 0.3 is 0 Å². The first-order chi connectivity index (χ1) is 14.0. The molecule has 3 aromatic heterocycles. The standard InChI is InChI=1S/C18H12FN7O2S/c19-10-1-3-16-13(7-10)17(25-24-16)23-15-5-6-20-14-4-2-11(8-12(14)15)29(27,28)18-21-9-22-26-18/h1-9H,(H,21,22,26)(H2,20,23,24,25). The van der Waals surface area contributed by atoms with Crippen LogP contribution in [0, 0.1) is 5.82 Å². The third-order valence-corrected chi connectivity index (χ3v) is 6.03. The van der Waals surface area contributed by atoms with Crippen molar-refractivity contribution in [2.45, 2.75) is 10.1 Å². The van der Waals surface area contributed by atoms with Crippen LogP contribution in [0.1, 0.15) is 0 Å². The van der Waals surface area contributed by atoms with E-state index in [0.717, 1.165) is 6.33 Å². The van der Waals surface area contributed by atoms with Gasteiger partial charge < -0.3 is 5.32 Å². The Kier molecular flexibility index (Phi) is 3.77. The van der Waals surface area contributed by atoms with Gasteiger partial charge in [-0.15, -0.1) is 0 Å². The average Bonchev–Trinajstić information content (AvgIpc) is 3.39. The summed E-state index contributed by atoms with van der Waals surface area (Å²) < 4.78 is 39.1. The molecule has 11 heteroatoms. The molecule has 29 heavy (non-hydrogen) atoms. The molecule has 0 radical (unpaired) electrons. The predicted octanol–water partition coefficient (Wildman–Crippen LogP) is 2.94. The zero-order valence-corrected chi connectivity index (χ0v) is 15.4. The van der Waals surface area contributed by atoms with Crippen molar-refractivity contribution in [3.05, 3.63) is 60.8 Å². The van der Waals surface area contributed by atoms with Crippen LogP contribution in [0.4, 0.5) is 15.9 Å². The second kappa shape index (κ2) is 6.34. The van der Waals surface area contributed by atoms with E-state index in [1.54, 1.807) is 24.4 Å². The van der Waals surface area contributed by atoms with Crippen LogP contribution >= 0.6 is 0 Å². The number of anilines is 2. The lowest BCUT2D eigenvalue weighted by Gasteiger charge is -2.09. The number of H-pyrrole nitrogens is 2. The van der Waals surface area contributed by atoms with Gasteiger partial charge in [0.15, 0.2) is 5.82 Å². The van der Waals surface area contributed by atoms with Crippen molar-refractivity contribution in [2.24, 2.45) is 0 Å². The Morgan fingerprint density at radius 2 is 1.86 bits per heavy atom. The van der Waals surface area contributed by atoms with Crippen LogP contribution in [0.2, 0.25) is 0 Å². The topological polar surface area (TPSA) is 129 Å². The van der Waals surface area contributed by atoms with Crippen LogP contribution in [-0.2, 0) is 9.84 Å². The first kappa shape index (κ1) is 17.3. The molecular formula is C18H12FN7O2S. The Labute approximate surface area is 162 Å². The van der Waals surface area contributed by atoms with Crippen LogP contribution in [0.5, 0.6) is 0 Å². The van der Waals surface area contributed by atoms with E-state index in [-0.39, 0.29) is 15.9 Å². The van der Waals surface area contributed by atoms with E-state index in [9.17, 15) is 12.8 Å². The monoisotopic (exact) mass is 409 g/mol. The van der Waals surface area contributed by atoms with Crippen LogP contribution < -0.4 is 5.32 Å². The summed E-state index contributed by atoms with van der Waals surface area (Å²) in [7, 11) is -3.86. The van der Waals surface area contributed by atoms with Crippen molar-refractivity contribution >= 4 is 43.1 Å². The summed E-state index contributed by atoms with van der Waals surface area (Å²) in [5.41, 5.74) is 1.82. The van der Waals surface area contributed by atoms with E-state index in [1.807, 2.05) is 0 Å². The van der Waals surface area contributed by atoms with Crippen LogP contribution in [0.3, 0.4) is 0 Å². The van der Waals surface area contributed by atoms with Crippen LogP contribution in [0.15, 0.2) is 65.0 Å². The number of nitrogens with zero attached hydrogens (tertiary/aromatic N) is 4. The molecule has 0 spiro atoms. The second-order valence-electron chi connectivity index (χ2n) is 6.22. The van der Waals surface area contributed by atoms with E-state index in [2.05, 4.69) is 35.7 Å². The molecule has 0 saturated carbocycles. The van der Waals surface area contributed by atoms with E-state index in [0.29, 0.717) is 33.3 Å². The smallest absolute Gasteiger partial charge is 0.247 e. The summed E-state index contributed by atoms with van der Waals surface area (Å²) in [4.78, 5) is 8.05. The molecule has 5 aromatic rings. The van der Waals surface area contributed by atoms with Gasteiger partial charge in [0.2, 0.25) is 15.0 Å². The number of sulfone groups is 1. The zero-order valence-electron chi connectivity index (χ0n) is 14.6. The predicted molar refractivity (Wildman–Crippen MR) is 103 cm³/mol. The minimum atomic E-state index is -3.86. The number of rotatable bonds is 4. The summed E-state index contributed by atoms with van der Waals surface area (Å²) >= 11 is 0. The van der Waals surface area contributed by atoms with Gasteiger partial charge in [0, 0.05) is 17.0 Å². The fraction of sp³-hybridized carbons (Fsp3) is 0. The third-order valence-electron chi connectivity index (χ3n) is 4.45. The first-order valence-corrected chi connectivity index (χ1v) is 9.90. The van der Waals surface area contributed by atoms with Gasteiger partial charge in [-0.25, -0.2) is 22.9 Å². The number of benzene rings is 2. The van der Waals surface area contributed by atoms with Gasteiger partial charge in [-0.1, -0.05) is 0 Å². The molecule has 5 rings (SSSR count). The highest BCUT2D eigenvalue weighted by molar-refractivity contribution is 7.91. The maximum Gasteiger partial charge on any atom is 0.247 e. The number of nitrogens with one attached hydrogen (secondary N) is 3. The summed E-state index contributed by atoms with van der Waals surface area (Å²) in [6, 6.07) is 10.5. The molecular weight excluding hydrogens is 397 g/mol. The lowest BCUT2D eigenvalue weighted by Crippen LogP contribution is -2.04. The summed E-state index contributed by atoms with van der Waals surface area (Å²) in [5, 5.41) is 17.0. The van der Waals surface area contributed by atoms with E-state index < -0.39 is 9.84 Å². The molecule has 144 valence electrons. The SMILES string of the molecule is O=S(=O)(c1ccc2nccc(Nc3n[nH]c4ccc(F)cc34)c2c1)c1ncn[nH]1. The fourth-order valence-corrected chi connectivity index (χ4v) is 4.15. The maximum absolute atomic E-state index is 13.6. The normalized spacial score (nSPS) is 11.9. The number of halogens is 1. The van der Waals surface area contributed by atoms with Gasteiger partial charge in [-0.2, -0.15) is 10.2 Å². The molecule has 0 fully saturated rings. The molecule has 2 aromatic carbocycles. The third kappa shape index (κ3) is 2.88. The average molecular weight is 409 g/mol. The molecule has 0 aliphatic rings. The Bertz CT molecular complexity index is 1460. The molecule has 3 heterocycles.